The molecule has 3 N–H and O–H groups in total. The molecule has 0 radical (unpaired) electrons. The lowest BCUT2D eigenvalue weighted by Crippen LogP contribution is -2.55. The van der Waals surface area contributed by atoms with Crippen molar-refractivity contribution in [1.29, 1.82) is 0 Å². The number of nitrogens with two attached hydrogens (primary N) is 1. The zero-order valence-electron chi connectivity index (χ0n) is 11.5. The van der Waals surface area contributed by atoms with Crippen LogP contribution in [0.3, 0.4) is 0 Å². The summed E-state index contributed by atoms with van der Waals surface area (Å²) in [6, 6.07) is 3.34. The van der Waals surface area contributed by atoms with Gasteiger partial charge in [0.1, 0.15) is 0 Å². The van der Waals surface area contributed by atoms with Gasteiger partial charge in [-0.25, -0.2) is 0 Å². The van der Waals surface area contributed by atoms with Gasteiger partial charge in [-0.3, -0.25) is 4.79 Å². The fraction of sp³-hybridized carbons (Fsp3) is 0.462. The van der Waals surface area contributed by atoms with Crippen LogP contribution in [0.2, 0.25) is 0 Å². The number of hydrogen-bond acceptors (Lipinski definition) is 2. The minimum Gasteiger partial charge on any atom is -0.399 e. The number of benzene rings is 1. The molecule has 0 fully saturated rings. The molecule has 0 aliphatic carbocycles. The molecule has 9 heteroatoms. The fourth-order valence-electron chi connectivity index (χ4n) is 2.11. The Morgan fingerprint density at radius 2 is 1.50 bits per heavy atom. The van der Waals surface area contributed by atoms with Gasteiger partial charge < -0.3 is 11.1 Å². The van der Waals surface area contributed by atoms with Crippen molar-refractivity contribution >= 4 is 11.6 Å². The van der Waals surface area contributed by atoms with Crippen molar-refractivity contribution in [1.82, 2.24) is 5.32 Å². The molecule has 0 atom stereocenters. The number of amides is 1. The maximum Gasteiger partial charge on any atom is 0.407 e. The fourth-order valence-corrected chi connectivity index (χ4v) is 2.11. The van der Waals surface area contributed by atoms with Gasteiger partial charge in [0.15, 0.2) is 5.41 Å². The Bertz CT molecular complexity index is 507. The topological polar surface area (TPSA) is 55.1 Å². The summed E-state index contributed by atoms with van der Waals surface area (Å²) in [5.74, 6) is -0.712. The van der Waals surface area contributed by atoms with E-state index in [4.69, 9.17) is 5.73 Å². The first-order valence-electron chi connectivity index (χ1n) is 6.16. The lowest BCUT2D eigenvalue weighted by atomic mass is 9.76. The van der Waals surface area contributed by atoms with Crippen LogP contribution in [0.1, 0.15) is 18.9 Å². The van der Waals surface area contributed by atoms with Gasteiger partial charge in [0.05, 0.1) is 0 Å². The van der Waals surface area contributed by atoms with Crippen LogP contribution in [0.5, 0.6) is 0 Å². The van der Waals surface area contributed by atoms with Crippen LogP contribution < -0.4 is 11.1 Å². The van der Waals surface area contributed by atoms with Crippen LogP contribution in [0, 0.1) is 0 Å². The van der Waals surface area contributed by atoms with Crippen molar-refractivity contribution in [2.75, 3.05) is 12.3 Å². The summed E-state index contributed by atoms with van der Waals surface area (Å²) >= 11 is 0. The Hall–Kier alpha value is -1.93. The molecule has 1 rings (SSSR count). The molecule has 0 bridgehead atoms. The van der Waals surface area contributed by atoms with Crippen molar-refractivity contribution in [3.63, 3.8) is 0 Å². The van der Waals surface area contributed by atoms with Crippen LogP contribution in [0.4, 0.5) is 32.0 Å². The molecule has 0 unspecified atom stereocenters. The molecule has 22 heavy (non-hydrogen) atoms. The predicted molar refractivity (Wildman–Crippen MR) is 67.9 cm³/mol. The largest absolute Gasteiger partial charge is 0.407 e. The Labute approximate surface area is 122 Å². The van der Waals surface area contributed by atoms with E-state index in [0.717, 1.165) is 19.1 Å². The molecule has 1 amide bonds. The molecule has 0 aliphatic heterocycles. The van der Waals surface area contributed by atoms with Crippen molar-refractivity contribution in [2.45, 2.75) is 31.1 Å². The summed E-state index contributed by atoms with van der Waals surface area (Å²) in [7, 11) is 0. The van der Waals surface area contributed by atoms with Gasteiger partial charge in [-0.15, -0.1) is 0 Å². The Morgan fingerprint density at radius 3 is 1.86 bits per heavy atom. The van der Waals surface area contributed by atoms with Crippen LogP contribution in [0.25, 0.3) is 0 Å². The second-order valence-electron chi connectivity index (χ2n) is 4.76. The van der Waals surface area contributed by atoms with Gasteiger partial charge in [0.25, 0.3) is 0 Å². The van der Waals surface area contributed by atoms with E-state index in [1.165, 1.54) is 0 Å². The van der Waals surface area contributed by atoms with E-state index < -0.39 is 42.2 Å². The first-order valence-corrected chi connectivity index (χ1v) is 6.16. The second kappa shape index (κ2) is 6.05. The number of nitrogen functional groups attached to an aromatic ring is 1. The second-order valence-corrected chi connectivity index (χ2v) is 4.76. The van der Waals surface area contributed by atoms with Crippen molar-refractivity contribution in [2.24, 2.45) is 0 Å². The molecule has 0 heterocycles. The van der Waals surface area contributed by atoms with Crippen LogP contribution in [0.15, 0.2) is 24.3 Å². The first-order chi connectivity index (χ1) is 9.92. The average Bonchev–Trinajstić information content (AvgIpc) is 2.32. The number of alkyl halides is 6. The Balaban J connectivity index is 3.39. The smallest absolute Gasteiger partial charge is 0.399 e. The molecule has 1 aromatic rings. The number of hydrogen-bond donors (Lipinski definition) is 2. The lowest BCUT2D eigenvalue weighted by molar-refractivity contribution is -0.305. The zero-order valence-corrected chi connectivity index (χ0v) is 11.5. The molecule has 0 aliphatic rings. The van der Waals surface area contributed by atoms with Crippen LogP contribution >= 0.6 is 0 Å². The van der Waals surface area contributed by atoms with Crippen LogP contribution in [-0.2, 0) is 10.2 Å². The molecule has 0 spiro atoms. The molecule has 0 saturated carbocycles. The van der Waals surface area contributed by atoms with Gasteiger partial charge in [-0.1, -0.05) is 12.1 Å². The third-order valence-electron chi connectivity index (χ3n) is 3.25. The third-order valence-corrected chi connectivity index (χ3v) is 3.25. The van der Waals surface area contributed by atoms with Crippen molar-refractivity contribution in [3.8, 4) is 0 Å². The Morgan fingerprint density at radius 1 is 1.05 bits per heavy atom. The summed E-state index contributed by atoms with van der Waals surface area (Å²) < 4.78 is 79.9. The number of carbonyl (C=O) groups excluding carboxylic acids is 1. The molecule has 0 aromatic heterocycles. The molecule has 0 saturated heterocycles. The van der Waals surface area contributed by atoms with Crippen molar-refractivity contribution in [3.05, 3.63) is 29.8 Å². The highest BCUT2D eigenvalue weighted by Gasteiger charge is 2.70. The van der Waals surface area contributed by atoms with Crippen molar-refractivity contribution < 1.29 is 31.1 Å². The molecule has 1 aromatic carbocycles. The summed E-state index contributed by atoms with van der Waals surface area (Å²) in [6.45, 7) is 0.241. The summed E-state index contributed by atoms with van der Waals surface area (Å²) in [5, 5.41) is 1.96. The third kappa shape index (κ3) is 3.45. The Kier molecular flexibility index (Phi) is 4.99. The lowest BCUT2D eigenvalue weighted by Gasteiger charge is -2.38. The quantitative estimate of drug-likeness (QED) is 0.659. The van der Waals surface area contributed by atoms with E-state index in [2.05, 4.69) is 0 Å². The number of rotatable bonds is 4. The van der Waals surface area contributed by atoms with E-state index >= 15 is 0 Å². The van der Waals surface area contributed by atoms with E-state index in [1.807, 2.05) is 5.32 Å². The minimum atomic E-state index is -5.58. The van der Waals surface area contributed by atoms with E-state index in [-0.39, 0.29) is 5.69 Å². The average molecular weight is 328 g/mol. The number of nitrogens with one attached hydrogen (secondary N) is 1. The monoisotopic (exact) mass is 328 g/mol. The van der Waals surface area contributed by atoms with Gasteiger partial charge >= 0.3 is 12.4 Å². The normalized spacial score (nSPS) is 13.0. The van der Waals surface area contributed by atoms with Gasteiger partial charge in [-0.2, -0.15) is 26.3 Å². The van der Waals surface area contributed by atoms with E-state index in [9.17, 15) is 31.1 Å². The van der Waals surface area contributed by atoms with Gasteiger partial charge in [0, 0.05) is 19.2 Å². The van der Waals surface area contributed by atoms with Gasteiger partial charge in [-0.05, 0) is 24.1 Å². The zero-order chi connectivity index (χ0) is 17.2. The SMILES string of the molecule is CC(=O)NCCC(c1ccc(N)cc1)(C(F)(F)F)C(F)(F)F. The number of halogens is 6. The molecule has 3 nitrogen and oxygen atoms in total. The summed E-state index contributed by atoms with van der Waals surface area (Å²) in [5.41, 5.74) is 0.315. The summed E-state index contributed by atoms with van der Waals surface area (Å²) in [6.07, 6.45) is -12.5. The standard InChI is InChI=1S/C13H14F6N2O/c1-8(22)21-7-6-11(12(14,15)16,13(17,18)19)9-2-4-10(20)5-3-9/h2-5H,6-7,20H2,1H3,(H,21,22). The minimum absolute atomic E-state index is 0.0452. The highest BCUT2D eigenvalue weighted by Crippen LogP contribution is 2.54. The number of carbonyl (C=O) groups is 1. The molecular weight excluding hydrogens is 314 g/mol. The molecule has 124 valence electrons. The van der Waals surface area contributed by atoms with Gasteiger partial charge in [0.2, 0.25) is 5.91 Å². The molecular formula is C13H14F6N2O. The van der Waals surface area contributed by atoms with E-state index in [0.29, 0.717) is 12.1 Å². The highest BCUT2D eigenvalue weighted by atomic mass is 19.4. The maximum atomic E-state index is 13.3. The van der Waals surface area contributed by atoms with E-state index in [1.54, 1.807) is 0 Å². The summed E-state index contributed by atoms with van der Waals surface area (Å²) in [4.78, 5) is 10.7. The highest BCUT2D eigenvalue weighted by molar-refractivity contribution is 5.72. The predicted octanol–water partition coefficient (Wildman–Crippen LogP) is 3.16. The van der Waals surface area contributed by atoms with Crippen LogP contribution in [-0.4, -0.2) is 24.8 Å². The maximum absolute atomic E-state index is 13.3. The first kappa shape index (κ1) is 18.1. The number of anilines is 1.